The maximum absolute atomic E-state index is 12.8. The molecule has 22 heavy (non-hydrogen) atoms. The van der Waals surface area contributed by atoms with Crippen LogP contribution < -0.4 is 0 Å². The number of rotatable bonds is 4. The zero-order valence-electron chi connectivity index (χ0n) is 12.8. The van der Waals surface area contributed by atoms with Crippen LogP contribution in [0.1, 0.15) is 28.8 Å². The number of nitrogens with zero attached hydrogens (tertiary/aromatic N) is 1. The third-order valence-electron chi connectivity index (χ3n) is 4.17. The van der Waals surface area contributed by atoms with Crippen molar-refractivity contribution < 1.29 is 19.4 Å². The van der Waals surface area contributed by atoms with Gasteiger partial charge in [0.1, 0.15) is 5.41 Å². The van der Waals surface area contributed by atoms with E-state index in [2.05, 4.69) is 15.9 Å². The van der Waals surface area contributed by atoms with Crippen LogP contribution in [-0.2, 0) is 9.53 Å². The molecule has 1 unspecified atom stereocenters. The van der Waals surface area contributed by atoms with E-state index >= 15 is 0 Å². The summed E-state index contributed by atoms with van der Waals surface area (Å²) < 4.78 is 5.93. The molecular formula is C16H20BrNO4. The Morgan fingerprint density at radius 2 is 2.18 bits per heavy atom. The van der Waals surface area contributed by atoms with Crippen LogP contribution in [-0.4, -0.2) is 48.7 Å². The summed E-state index contributed by atoms with van der Waals surface area (Å²) in [4.78, 5) is 26.1. The molecule has 1 aromatic rings. The van der Waals surface area contributed by atoms with Gasteiger partial charge in [0.05, 0.1) is 6.61 Å². The van der Waals surface area contributed by atoms with Gasteiger partial charge in [-0.15, -0.1) is 0 Å². The normalized spacial score (nSPS) is 21.7. The minimum absolute atomic E-state index is 0.115. The lowest BCUT2D eigenvalue weighted by atomic mass is 9.80. The van der Waals surface area contributed by atoms with Crippen molar-refractivity contribution >= 4 is 27.8 Å². The summed E-state index contributed by atoms with van der Waals surface area (Å²) in [7, 11) is 1.49. The third kappa shape index (κ3) is 3.33. The molecule has 0 spiro atoms. The van der Waals surface area contributed by atoms with Crippen molar-refractivity contribution in [3.63, 3.8) is 0 Å². The Bertz CT molecular complexity index is 586. The van der Waals surface area contributed by atoms with E-state index in [1.54, 1.807) is 11.0 Å². The van der Waals surface area contributed by atoms with Crippen molar-refractivity contribution in [3.8, 4) is 0 Å². The van der Waals surface area contributed by atoms with Crippen LogP contribution in [0.3, 0.4) is 0 Å². The molecule has 1 atom stereocenters. The highest BCUT2D eigenvalue weighted by atomic mass is 79.9. The fourth-order valence-electron chi connectivity index (χ4n) is 2.93. The van der Waals surface area contributed by atoms with Gasteiger partial charge >= 0.3 is 5.97 Å². The van der Waals surface area contributed by atoms with E-state index in [4.69, 9.17) is 4.74 Å². The van der Waals surface area contributed by atoms with Crippen LogP contribution in [0, 0.1) is 12.3 Å². The van der Waals surface area contributed by atoms with E-state index in [0.29, 0.717) is 24.9 Å². The van der Waals surface area contributed by atoms with Crippen molar-refractivity contribution in [3.05, 3.63) is 33.8 Å². The van der Waals surface area contributed by atoms with Crippen LogP contribution in [0.5, 0.6) is 0 Å². The number of carboxylic acid groups (broad SMARTS) is 1. The number of carbonyl (C=O) groups is 2. The summed E-state index contributed by atoms with van der Waals surface area (Å²) in [5.41, 5.74) is 0.474. The van der Waals surface area contributed by atoms with Gasteiger partial charge in [0.2, 0.25) is 0 Å². The first-order valence-electron chi connectivity index (χ1n) is 7.17. The van der Waals surface area contributed by atoms with Gasteiger partial charge in [-0.25, -0.2) is 0 Å². The number of halogens is 1. The molecule has 0 bridgehead atoms. The summed E-state index contributed by atoms with van der Waals surface area (Å²) in [6.45, 7) is 2.75. The lowest BCUT2D eigenvalue weighted by Gasteiger charge is -2.39. The molecule has 1 aliphatic heterocycles. The molecule has 0 saturated carbocycles. The second-order valence-corrected chi connectivity index (χ2v) is 6.72. The molecule has 5 nitrogen and oxygen atoms in total. The number of methoxy groups -OCH3 is 1. The molecule has 1 aliphatic rings. The van der Waals surface area contributed by atoms with Gasteiger partial charge < -0.3 is 14.7 Å². The minimum Gasteiger partial charge on any atom is -0.481 e. The van der Waals surface area contributed by atoms with Crippen molar-refractivity contribution in [1.29, 1.82) is 0 Å². The molecule has 6 heteroatoms. The average Bonchev–Trinajstić information content (AvgIpc) is 2.49. The van der Waals surface area contributed by atoms with Crippen LogP contribution in [0.4, 0.5) is 0 Å². The zero-order chi connectivity index (χ0) is 16.3. The highest BCUT2D eigenvalue weighted by molar-refractivity contribution is 9.10. The lowest BCUT2D eigenvalue weighted by Crippen LogP contribution is -2.52. The Morgan fingerprint density at radius 3 is 2.82 bits per heavy atom. The van der Waals surface area contributed by atoms with Gasteiger partial charge in [-0.2, -0.15) is 0 Å². The maximum Gasteiger partial charge on any atom is 0.313 e. The fraction of sp³-hybridized carbons (Fsp3) is 0.500. The molecular weight excluding hydrogens is 350 g/mol. The molecule has 1 aromatic carbocycles. The Labute approximate surface area is 138 Å². The van der Waals surface area contributed by atoms with E-state index in [-0.39, 0.29) is 19.1 Å². The smallest absolute Gasteiger partial charge is 0.313 e. The van der Waals surface area contributed by atoms with Crippen LogP contribution in [0.25, 0.3) is 0 Å². The molecule has 1 saturated heterocycles. The summed E-state index contributed by atoms with van der Waals surface area (Å²) in [5, 5.41) is 9.56. The van der Waals surface area contributed by atoms with Gasteiger partial charge in [-0.05, 0) is 37.5 Å². The van der Waals surface area contributed by atoms with Gasteiger partial charge in [0.25, 0.3) is 5.91 Å². The summed E-state index contributed by atoms with van der Waals surface area (Å²) in [6, 6.07) is 5.54. The SMILES string of the molecule is COCC1(C(=O)O)CCCN(C(=O)c2cc(Br)ccc2C)C1. The number of carbonyl (C=O) groups excluding carboxylic acids is 1. The number of benzene rings is 1. The van der Waals surface area contributed by atoms with Crippen molar-refractivity contribution in [2.75, 3.05) is 26.8 Å². The number of likely N-dealkylation sites (tertiary alicyclic amines) is 1. The van der Waals surface area contributed by atoms with Gasteiger partial charge in [0.15, 0.2) is 0 Å². The van der Waals surface area contributed by atoms with Crippen LogP contribution in [0.2, 0.25) is 0 Å². The molecule has 0 aromatic heterocycles. The molecule has 1 N–H and O–H groups in total. The quantitative estimate of drug-likeness (QED) is 0.885. The van der Waals surface area contributed by atoms with E-state index in [1.807, 2.05) is 19.1 Å². The first kappa shape index (κ1) is 17.0. The Hall–Kier alpha value is -1.40. The first-order chi connectivity index (χ1) is 10.4. The molecule has 1 heterocycles. The molecule has 120 valence electrons. The van der Waals surface area contributed by atoms with Crippen LogP contribution >= 0.6 is 15.9 Å². The highest BCUT2D eigenvalue weighted by Crippen LogP contribution is 2.32. The Balaban J connectivity index is 2.26. The van der Waals surface area contributed by atoms with E-state index in [9.17, 15) is 14.7 Å². The van der Waals surface area contributed by atoms with Gasteiger partial charge in [-0.3, -0.25) is 9.59 Å². The summed E-state index contributed by atoms with van der Waals surface area (Å²) >= 11 is 3.37. The largest absolute Gasteiger partial charge is 0.481 e. The number of aliphatic carboxylic acids is 1. The minimum atomic E-state index is -1.01. The number of piperidine rings is 1. The number of amides is 1. The number of ether oxygens (including phenoxy) is 1. The monoisotopic (exact) mass is 369 g/mol. The standard InChI is InChI=1S/C16H20BrNO4/c1-11-4-5-12(17)8-13(11)14(19)18-7-3-6-16(9-18,10-22-2)15(20)21/h4-5,8H,3,6-7,9-10H2,1-2H3,(H,20,21). The van der Waals surface area contributed by atoms with Crippen molar-refractivity contribution in [2.45, 2.75) is 19.8 Å². The number of hydrogen-bond acceptors (Lipinski definition) is 3. The number of aryl methyl sites for hydroxylation is 1. The summed E-state index contributed by atoms with van der Waals surface area (Å²) in [6.07, 6.45) is 1.19. The van der Waals surface area contributed by atoms with E-state index in [1.165, 1.54) is 7.11 Å². The molecule has 0 aliphatic carbocycles. The number of carboxylic acids is 1. The topological polar surface area (TPSA) is 66.8 Å². The van der Waals surface area contributed by atoms with Gasteiger partial charge in [0, 0.05) is 30.2 Å². The van der Waals surface area contributed by atoms with Crippen molar-refractivity contribution in [1.82, 2.24) is 4.90 Å². The molecule has 1 fully saturated rings. The average molecular weight is 370 g/mol. The fourth-order valence-corrected chi connectivity index (χ4v) is 3.29. The second-order valence-electron chi connectivity index (χ2n) is 5.81. The van der Waals surface area contributed by atoms with Crippen molar-refractivity contribution in [2.24, 2.45) is 5.41 Å². The molecule has 0 radical (unpaired) electrons. The zero-order valence-corrected chi connectivity index (χ0v) is 14.4. The van der Waals surface area contributed by atoms with E-state index < -0.39 is 11.4 Å². The lowest BCUT2D eigenvalue weighted by molar-refractivity contribution is -0.155. The molecule has 1 amide bonds. The predicted molar refractivity (Wildman–Crippen MR) is 86.0 cm³/mol. The summed E-state index contributed by atoms with van der Waals surface area (Å²) in [5.74, 6) is -1.03. The van der Waals surface area contributed by atoms with Gasteiger partial charge in [-0.1, -0.05) is 22.0 Å². The second kappa shape index (κ2) is 6.79. The van der Waals surface area contributed by atoms with E-state index in [0.717, 1.165) is 10.0 Å². The maximum atomic E-state index is 12.8. The Morgan fingerprint density at radius 1 is 1.45 bits per heavy atom. The Kier molecular flexibility index (Phi) is 5.24. The predicted octanol–water partition coefficient (Wildman–Crippen LogP) is 2.71. The highest BCUT2D eigenvalue weighted by Gasteiger charge is 2.44. The molecule has 2 rings (SSSR count). The number of hydrogen-bond donors (Lipinski definition) is 1. The third-order valence-corrected chi connectivity index (χ3v) is 4.66. The first-order valence-corrected chi connectivity index (χ1v) is 7.97. The van der Waals surface area contributed by atoms with Crippen LogP contribution in [0.15, 0.2) is 22.7 Å².